The van der Waals surface area contributed by atoms with Crippen molar-refractivity contribution in [1.29, 1.82) is 0 Å². The summed E-state index contributed by atoms with van der Waals surface area (Å²) in [7, 11) is 1.54. The van der Waals surface area contributed by atoms with Gasteiger partial charge < -0.3 is 19.1 Å². The molecule has 0 spiro atoms. The number of aromatic nitrogens is 1. The van der Waals surface area contributed by atoms with E-state index in [0.29, 0.717) is 28.0 Å². The zero-order valence-corrected chi connectivity index (χ0v) is 10.4. The van der Waals surface area contributed by atoms with Crippen molar-refractivity contribution in [3.8, 4) is 11.5 Å². The number of hydrogen-bond donors (Lipinski definition) is 1. The lowest BCUT2D eigenvalue weighted by Gasteiger charge is -2.11. The van der Waals surface area contributed by atoms with Gasteiger partial charge in [0.05, 0.1) is 5.52 Å². The Morgan fingerprint density at radius 3 is 2.58 bits per heavy atom. The van der Waals surface area contributed by atoms with E-state index in [4.69, 9.17) is 14.6 Å². The SMILES string of the molecule is Cc1c(C(=O)O)c(=O)n(C)c2cc3c(cc12)OCO3. The van der Waals surface area contributed by atoms with E-state index in [9.17, 15) is 9.59 Å². The molecule has 0 fully saturated rings. The highest BCUT2D eigenvalue weighted by atomic mass is 16.7. The standard InChI is InChI=1S/C13H11NO5/c1-6-7-3-9-10(19-5-18-9)4-8(7)14(2)12(15)11(6)13(16)17/h3-4H,5H2,1-2H3,(H,16,17). The van der Waals surface area contributed by atoms with Gasteiger partial charge in [0.15, 0.2) is 11.5 Å². The lowest BCUT2D eigenvalue weighted by molar-refractivity contribution is 0.0694. The minimum atomic E-state index is -1.22. The molecule has 6 nitrogen and oxygen atoms in total. The largest absolute Gasteiger partial charge is 0.477 e. The van der Waals surface area contributed by atoms with Crippen LogP contribution in [-0.2, 0) is 7.05 Å². The van der Waals surface area contributed by atoms with E-state index >= 15 is 0 Å². The Bertz CT molecular complexity index is 775. The summed E-state index contributed by atoms with van der Waals surface area (Å²) in [4.78, 5) is 23.3. The van der Waals surface area contributed by atoms with Gasteiger partial charge in [-0.3, -0.25) is 4.79 Å². The number of nitrogens with zero attached hydrogens (tertiary/aromatic N) is 1. The fourth-order valence-electron chi connectivity index (χ4n) is 2.33. The number of carbonyl (C=O) groups is 1. The molecule has 0 bridgehead atoms. The van der Waals surface area contributed by atoms with Crippen LogP contribution in [0.3, 0.4) is 0 Å². The Hall–Kier alpha value is -2.50. The summed E-state index contributed by atoms with van der Waals surface area (Å²) in [6, 6.07) is 3.40. The number of pyridine rings is 1. The Balaban J connectivity index is 2.49. The molecule has 6 heteroatoms. The zero-order valence-electron chi connectivity index (χ0n) is 10.4. The van der Waals surface area contributed by atoms with Crippen LogP contribution in [0.4, 0.5) is 0 Å². The minimum absolute atomic E-state index is 0.129. The summed E-state index contributed by atoms with van der Waals surface area (Å²) in [5.41, 5.74) is 0.311. The predicted molar refractivity (Wildman–Crippen MR) is 67.0 cm³/mol. The average Bonchev–Trinajstić information content (AvgIpc) is 2.81. The number of rotatable bonds is 1. The van der Waals surface area contributed by atoms with Gasteiger partial charge in [-0.2, -0.15) is 0 Å². The average molecular weight is 261 g/mol. The molecule has 2 heterocycles. The maximum absolute atomic E-state index is 12.1. The van der Waals surface area contributed by atoms with Crippen molar-refractivity contribution < 1.29 is 19.4 Å². The molecule has 1 aliphatic heterocycles. The molecule has 2 aromatic rings. The molecule has 0 saturated carbocycles. The predicted octanol–water partition coefficient (Wildman–Crippen LogP) is 1.27. The molecule has 0 radical (unpaired) electrons. The van der Waals surface area contributed by atoms with E-state index in [-0.39, 0.29) is 12.4 Å². The van der Waals surface area contributed by atoms with Gasteiger partial charge in [0.2, 0.25) is 6.79 Å². The maximum Gasteiger partial charge on any atom is 0.341 e. The third-order valence-corrected chi connectivity index (χ3v) is 3.36. The first kappa shape index (κ1) is 11.6. The van der Waals surface area contributed by atoms with Crippen LogP contribution < -0.4 is 15.0 Å². The van der Waals surface area contributed by atoms with Gasteiger partial charge in [0.25, 0.3) is 5.56 Å². The molecular formula is C13H11NO5. The molecule has 0 amide bonds. The second-order valence-electron chi connectivity index (χ2n) is 4.39. The molecular weight excluding hydrogens is 250 g/mol. The van der Waals surface area contributed by atoms with Gasteiger partial charge in [-0.05, 0) is 18.6 Å². The van der Waals surface area contributed by atoms with Crippen LogP contribution in [0.15, 0.2) is 16.9 Å². The van der Waals surface area contributed by atoms with E-state index in [2.05, 4.69) is 0 Å². The second-order valence-corrected chi connectivity index (χ2v) is 4.39. The van der Waals surface area contributed by atoms with Gasteiger partial charge in [0.1, 0.15) is 5.56 Å². The molecule has 0 aliphatic carbocycles. The van der Waals surface area contributed by atoms with Crippen molar-refractivity contribution in [1.82, 2.24) is 4.57 Å². The summed E-state index contributed by atoms with van der Waals surface area (Å²) in [6.45, 7) is 1.75. The fourth-order valence-corrected chi connectivity index (χ4v) is 2.33. The van der Waals surface area contributed by atoms with E-state index in [1.165, 1.54) is 4.57 Å². The van der Waals surface area contributed by atoms with Crippen LogP contribution >= 0.6 is 0 Å². The summed E-state index contributed by atoms with van der Waals surface area (Å²) in [5, 5.41) is 9.82. The van der Waals surface area contributed by atoms with Crippen molar-refractivity contribution in [2.75, 3.05) is 6.79 Å². The van der Waals surface area contributed by atoms with Crippen molar-refractivity contribution in [3.63, 3.8) is 0 Å². The van der Waals surface area contributed by atoms with Crippen LogP contribution in [0.5, 0.6) is 11.5 Å². The number of hydrogen-bond acceptors (Lipinski definition) is 4. The highest BCUT2D eigenvalue weighted by Crippen LogP contribution is 2.36. The normalized spacial score (nSPS) is 12.9. The van der Waals surface area contributed by atoms with Crippen molar-refractivity contribution >= 4 is 16.9 Å². The number of carboxylic acid groups (broad SMARTS) is 1. The molecule has 1 N–H and O–H groups in total. The number of aryl methyl sites for hydroxylation is 2. The zero-order chi connectivity index (χ0) is 13.7. The van der Waals surface area contributed by atoms with Gasteiger partial charge in [-0.1, -0.05) is 0 Å². The van der Waals surface area contributed by atoms with Gasteiger partial charge in [0, 0.05) is 18.5 Å². The summed E-state index contributed by atoms with van der Waals surface area (Å²) < 4.78 is 11.9. The van der Waals surface area contributed by atoms with Crippen LogP contribution in [0.25, 0.3) is 10.9 Å². The molecule has 1 aromatic heterocycles. The number of carboxylic acids is 1. The Morgan fingerprint density at radius 2 is 1.95 bits per heavy atom. The molecule has 3 rings (SSSR count). The van der Waals surface area contributed by atoms with E-state index < -0.39 is 11.5 Å². The monoisotopic (exact) mass is 261 g/mol. The van der Waals surface area contributed by atoms with E-state index in [1.807, 2.05) is 0 Å². The van der Waals surface area contributed by atoms with Crippen molar-refractivity contribution in [2.45, 2.75) is 6.92 Å². The van der Waals surface area contributed by atoms with Crippen LogP contribution in [0.1, 0.15) is 15.9 Å². The molecule has 0 atom stereocenters. The van der Waals surface area contributed by atoms with Crippen LogP contribution in [0, 0.1) is 6.92 Å². The highest BCUT2D eigenvalue weighted by molar-refractivity contribution is 5.97. The number of ether oxygens (including phenoxy) is 2. The Morgan fingerprint density at radius 1 is 1.32 bits per heavy atom. The first-order valence-corrected chi connectivity index (χ1v) is 5.67. The topological polar surface area (TPSA) is 77.8 Å². The molecule has 98 valence electrons. The third-order valence-electron chi connectivity index (χ3n) is 3.36. The van der Waals surface area contributed by atoms with E-state index in [1.54, 1.807) is 26.1 Å². The first-order chi connectivity index (χ1) is 9.00. The first-order valence-electron chi connectivity index (χ1n) is 5.67. The van der Waals surface area contributed by atoms with Gasteiger partial charge in [-0.15, -0.1) is 0 Å². The van der Waals surface area contributed by atoms with Crippen molar-refractivity contribution in [3.05, 3.63) is 33.6 Å². The third kappa shape index (κ3) is 1.49. The highest BCUT2D eigenvalue weighted by Gasteiger charge is 2.21. The Labute approximate surface area is 107 Å². The Kier molecular flexibility index (Phi) is 2.28. The molecule has 0 unspecified atom stereocenters. The van der Waals surface area contributed by atoms with Crippen molar-refractivity contribution in [2.24, 2.45) is 7.05 Å². The quantitative estimate of drug-likeness (QED) is 0.836. The van der Waals surface area contributed by atoms with Crippen LogP contribution in [0.2, 0.25) is 0 Å². The second kappa shape index (κ2) is 3.74. The van der Waals surface area contributed by atoms with Crippen LogP contribution in [-0.4, -0.2) is 22.4 Å². The summed E-state index contributed by atoms with van der Waals surface area (Å²) in [6.07, 6.45) is 0. The van der Waals surface area contributed by atoms with E-state index in [0.717, 1.165) is 0 Å². The summed E-state index contributed by atoms with van der Waals surface area (Å²) in [5.74, 6) is -0.103. The van der Waals surface area contributed by atoms with Gasteiger partial charge >= 0.3 is 5.97 Å². The fraction of sp³-hybridized carbons (Fsp3) is 0.231. The molecule has 19 heavy (non-hydrogen) atoms. The molecule has 1 aliphatic rings. The van der Waals surface area contributed by atoms with Gasteiger partial charge in [-0.25, -0.2) is 4.79 Å². The smallest absolute Gasteiger partial charge is 0.341 e. The molecule has 1 aromatic carbocycles. The number of benzene rings is 1. The number of fused-ring (bicyclic) bond motifs is 2. The number of aromatic carboxylic acids is 1. The minimum Gasteiger partial charge on any atom is -0.477 e. The molecule has 0 saturated heterocycles. The lowest BCUT2D eigenvalue weighted by Crippen LogP contribution is -2.26. The lowest BCUT2D eigenvalue weighted by atomic mass is 10.0. The summed E-state index contributed by atoms with van der Waals surface area (Å²) >= 11 is 0. The maximum atomic E-state index is 12.1.